The lowest BCUT2D eigenvalue weighted by Gasteiger charge is -2.12. The molecule has 138 valence electrons. The van der Waals surface area contributed by atoms with Gasteiger partial charge in [0.25, 0.3) is 0 Å². The number of aliphatic imine (C=N–C) groups is 1. The van der Waals surface area contributed by atoms with Crippen molar-refractivity contribution in [2.24, 2.45) is 4.99 Å². The monoisotopic (exact) mass is 411 g/mol. The van der Waals surface area contributed by atoms with E-state index in [0.29, 0.717) is 5.57 Å². The Kier molecular flexibility index (Phi) is 7.92. The highest BCUT2D eigenvalue weighted by molar-refractivity contribution is 6.67. The summed E-state index contributed by atoms with van der Waals surface area (Å²) in [5.41, 5.74) is 0.833. The Bertz CT molecular complexity index is 648. The fraction of sp³-hybridized carbons (Fsp3) is 0.467. The number of hydrogen-bond acceptors (Lipinski definition) is 7. The van der Waals surface area contributed by atoms with Gasteiger partial charge in [0.2, 0.25) is 3.79 Å². The van der Waals surface area contributed by atoms with Crippen molar-refractivity contribution >= 4 is 58.4 Å². The van der Waals surface area contributed by atoms with E-state index in [1.54, 1.807) is 0 Å². The maximum Gasteiger partial charge on any atom is 0.357 e. The molecule has 0 amide bonds. The summed E-state index contributed by atoms with van der Waals surface area (Å²) < 4.78 is 12.3. The van der Waals surface area contributed by atoms with Crippen molar-refractivity contribution in [1.82, 2.24) is 0 Å². The van der Waals surface area contributed by atoms with E-state index in [4.69, 9.17) is 39.5 Å². The van der Waals surface area contributed by atoms with Crippen LogP contribution >= 0.6 is 34.8 Å². The number of nitrogens with zero attached hydrogens (tertiary/aromatic N) is 1. The zero-order valence-electron chi connectivity index (χ0n) is 13.6. The number of allylic oxidation sites excluding steroid dienone is 1. The van der Waals surface area contributed by atoms with Crippen LogP contribution in [0, 0.1) is 0 Å². The second-order valence-electron chi connectivity index (χ2n) is 4.88. The summed E-state index contributed by atoms with van der Waals surface area (Å²) in [4.78, 5) is 39.2. The predicted octanol–water partition coefficient (Wildman–Crippen LogP) is 2.68. The molecule has 1 aliphatic heterocycles. The molecular weight excluding hydrogens is 397 g/mol. The van der Waals surface area contributed by atoms with E-state index >= 15 is 0 Å². The Morgan fingerprint density at radius 1 is 1.08 bits per heavy atom. The first-order chi connectivity index (χ1) is 11.6. The van der Waals surface area contributed by atoms with Gasteiger partial charge in [0.05, 0.1) is 26.3 Å². The maximum atomic E-state index is 12.2. The fourth-order valence-corrected chi connectivity index (χ4v) is 2.17. The minimum atomic E-state index is -1.79. The molecule has 0 fully saturated rings. The van der Waals surface area contributed by atoms with Gasteiger partial charge in [-0.25, -0.2) is 9.79 Å². The molecule has 1 rings (SSSR count). The molecule has 0 N–H and O–H groups in total. The fourth-order valence-electron chi connectivity index (χ4n) is 2.00. The van der Waals surface area contributed by atoms with Crippen molar-refractivity contribution in [3.8, 4) is 0 Å². The van der Waals surface area contributed by atoms with Crippen molar-refractivity contribution in [2.75, 3.05) is 20.8 Å². The van der Waals surface area contributed by atoms with Gasteiger partial charge in [0.15, 0.2) is 5.71 Å². The standard InChI is InChI=1S/C15H16Cl3NO6/c1-8-9(4-5-11(20)23-2)10(6-12(21)24-3)13(19-8)14(22)25-7-15(16,17)18/h1,4-7H2,2-3H3. The molecule has 7 nitrogen and oxygen atoms in total. The summed E-state index contributed by atoms with van der Waals surface area (Å²) in [6.45, 7) is 3.23. The highest BCUT2D eigenvalue weighted by atomic mass is 35.6. The van der Waals surface area contributed by atoms with Crippen molar-refractivity contribution < 1.29 is 28.6 Å². The van der Waals surface area contributed by atoms with E-state index in [0.717, 1.165) is 0 Å². The number of hydrogen-bond donors (Lipinski definition) is 0. The smallest absolute Gasteiger partial charge is 0.357 e. The van der Waals surface area contributed by atoms with Crippen LogP contribution in [0.3, 0.4) is 0 Å². The summed E-state index contributed by atoms with van der Waals surface area (Å²) in [7, 11) is 2.46. The van der Waals surface area contributed by atoms with Crippen LogP contribution in [0.5, 0.6) is 0 Å². The van der Waals surface area contributed by atoms with E-state index in [1.165, 1.54) is 14.2 Å². The number of esters is 3. The third-order valence-corrected chi connectivity index (χ3v) is 3.49. The molecule has 0 saturated heterocycles. The van der Waals surface area contributed by atoms with Crippen molar-refractivity contribution in [3.63, 3.8) is 0 Å². The highest BCUT2D eigenvalue weighted by Crippen LogP contribution is 2.32. The molecule has 0 aromatic carbocycles. The van der Waals surface area contributed by atoms with E-state index in [-0.39, 0.29) is 36.2 Å². The van der Waals surface area contributed by atoms with Crippen LogP contribution in [0.1, 0.15) is 19.3 Å². The maximum absolute atomic E-state index is 12.2. The molecule has 0 spiro atoms. The van der Waals surface area contributed by atoms with Gasteiger partial charge in [0, 0.05) is 12.0 Å². The third kappa shape index (κ3) is 6.68. The zero-order valence-corrected chi connectivity index (χ0v) is 15.8. The molecule has 0 unspecified atom stereocenters. The summed E-state index contributed by atoms with van der Waals surface area (Å²) in [5.74, 6) is -1.92. The topological polar surface area (TPSA) is 91.3 Å². The van der Waals surface area contributed by atoms with Gasteiger partial charge in [-0.1, -0.05) is 41.4 Å². The highest BCUT2D eigenvalue weighted by Gasteiger charge is 2.32. The van der Waals surface area contributed by atoms with Crippen LogP contribution in [0.15, 0.2) is 28.4 Å². The van der Waals surface area contributed by atoms with Gasteiger partial charge in [-0.3, -0.25) is 9.59 Å². The van der Waals surface area contributed by atoms with E-state index in [9.17, 15) is 14.4 Å². The SMILES string of the molecule is C=C1N=C(C(=O)OCC(Cl)(Cl)Cl)C(CC(=O)OC)=C1CCC(=O)OC. The number of alkyl halides is 3. The van der Waals surface area contributed by atoms with Gasteiger partial charge < -0.3 is 14.2 Å². The molecule has 25 heavy (non-hydrogen) atoms. The van der Waals surface area contributed by atoms with Crippen LogP contribution < -0.4 is 0 Å². The Balaban J connectivity index is 3.04. The number of carbonyl (C=O) groups excluding carboxylic acids is 3. The summed E-state index contributed by atoms with van der Waals surface area (Å²) >= 11 is 16.6. The van der Waals surface area contributed by atoms with Crippen molar-refractivity contribution in [3.05, 3.63) is 23.4 Å². The number of rotatable bonds is 7. The zero-order chi connectivity index (χ0) is 19.2. The Morgan fingerprint density at radius 3 is 2.20 bits per heavy atom. The number of ether oxygens (including phenoxy) is 3. The van der Waals surface area contributed by atoms with Crippen molar-refractivity contribution in [2.45, 2.75) is 23.1 Å². The Labute approximate surface area is 159 Å². The summed E-state index contributed by atoms with van der Waals surface area (Å²) in [6.07, 6.45) is -0.0299. The second-order valence-corrected chi connectivity index (χ2v) is 7.40. The first-order valence-corrected chi connectivity index (χ1v) is 8.10. The van der Waals surface area contributed by atoms with E-state index < -0.39 is 28.3 Å². The van der Waals surface area contributed by atoms with Gasteiger partial charge in [0.1, 0.15) is 6.61 Å². The molecule has 0 bridgehead atoms. The number of methoxy groups -OCH3 is 2. The lowest BCUT2D eigenvalue weighted by Crippen LogP contribution is -2.25. The Morgan fingerprint density at radius 2 is 1.68 bits per heavy atom. The van der Waals surface area contributed by atoms with Crippen LogP contribution in [-0.2, 0) is 28.6 Å². The third-order valence-electron chi connectivity index (χ3n) is 3.16. The molecular formula is C15H16Cl3NO6. The minimum absolute atomic E-state index is 0.0293. The molecule has 10 heteroatoms. The van der Waals surface area contributed by atoms with E-state index in [1.807, 2.05) is 0 Å². The second kappa shape index (κ2) is 9.22. The molecule has 1 heterocycles. The number of carbonyl (C=O) groups is 3. The average molecular weight is 413 g/mol. The lowest BCUT2D eigenvalue weighted by atomic mass is 9.98. The van der Waals surface area contributed by atoms with Crippen LogP contribution in [-0.4, -0.2) is 48.2 Å². The van der Waals surface area contributed by atoms with Crippen LogP contribution in [0.25, 0.3) is 0 Å². The Hall–Kier alpha value is -1.57. The molecule has 0 aromatic heterocycles. The van der Waals surface area contributed by atoms with Gasteiger partial charge >= 0.3 is 17.9 Å². The quantitative estimate of drug-likeness (QED) is 0.363. The first kappa shape index (κ1) is 21.5. The van der Waals surface area contributed by atoms with Gasteiger partial charge in [-0.15, -0.1) is 0 Å². The molecule has 0 saturated carbocycles. The average Bonchev–Trinajstić information content (AvgIpc) is 2.85. The lowest BCUT2D eigenvalue weighted by molar-refractivity contribution is -0.141. The predicted molar refractivity (Wildman–Crippen MR) is 92.7 cm³/mol. The summed E-state index contributed by atoms with van der Waals surface area (Å²) in [5, 5.41) is 0. The molecule has 0 radical (unpaired) electrons. The molecule has 0 aliphatic carbocycles. The van der Waals surface area contributed by atoms with Gasteiger partial charge in [-0.2, -0.15) is 0 Å². The summed E-state index contributed by atoms with van der Waals surface area (Å²) in [6, 6.07) is 0. The van der Waals surface area contributed by atoms with Crippen LogP contribution in [0.2, 0.25) is 0 Å². The van der Waals surface area contributed by atoms with E-state index in [2.05, 4.69) is 21.0 Å². The molecule has 0 aromatic rings. The van der Waals surface area contributed by atoms with Gasteiger partial charge in [-0.05, 0) is 12.0 Å². The molecule has 0 atom stereocenters. The molecule has 1 aliphatic rings. The number of halogens is 3. The minimum Gasteiger partial charge on any atom is -0.469 e. The first-order valence-electron chi connectivity index (χ1n) is 6.97. The normalized spacial score (nSPS) is 14.3. The largest absolute Gasteiger partial charge is 0.469 e. The van der Waals surface area contributed by atoms with Crippen LogP contribution in [0.4, 0.5) is 0 Å². The van der Waals surface area contributed by atoms with Crippen molar-refractivity contribution in [1.29, 1.82) is 0 Å².